The highest BCUT2D eigenvalue weighted by atomic mass is 35.5. The number of unbranched alkanes of at least 4 members (excludes halogenated alkanes) is 3. The van der Waals surface area contributed by atoms with Gasteiger partial charge in [0.05, 0.1) is 6.54 Å². The van der Waals surface area contributed by atoms with Crippen LogP contribution in [-0.2, 0) is 65.5 Å². The minimum atomic E-state index is -1.69. The van der Waals surface area contributed by atoms with Crippen molar-refractivity contribution in [1.82, 2.24) is 35.6 Å². The molecule has 1 heterocycles. The topological polar surface area (TPSA) is 252 Å². The first-order valence-electron chi connectivity index (χ1n) is 29.4. The van der Waals surface area contributed by atoms with Crippen LogP contribution in [-0.4, -0.2) is 170 Å². The molecule has 1 aliphatic rings. The van der Waals surface area contributed by atoms with Crippen molar-refractivity contribution in [2.75, 3.05) is 60.2 Å². The van der Waals surface area contributed by atoms with Crippen LogP contribution in [0.4, 0.5) is 15.3 Å². The van der Waals surface area contributed by atoms with E-state index in [0.717, 1.165) is 29.0 Å². The number of nitrogens with one attached hydrogen (secondary N) is 4. The molecule has 85 heavy (non-hydrogen) atoms. The molecule has 0 aliphatic carbocycles. The summed E-state index contributed by atoms with van der Waals surface area (Å²) in [6, 6.07) is 10.7. The first kappa shape index (κ1) is 72.1. The summed E-state index contributed by atoms with van der Waals surface area (Å²) < 4.78 is 23.8. The molecule has 0 aromatic heterocycles. The maximum Gasteiger partial charge on any atom is 0.409 e. The van der Waals surface area contributed by atoms with E-state index < -0.39 is 114 Å². The Morgan fingerprint density at radius 3 is 2.00 bits per heavy atom. The first-order valence-corrected chi connectivity index (χ1v) is 29.8. The third-order valence-electron chi connectivity index (χ3n) is 15.3. The SMILES string of the molecule is C/C=C(\C)C1OC(=O)C(C)(C)NC(=O)[C@H](C(C)CC)NC(=O)CN(C)C(=O)[C@@H](Cc2ccc(Cl)cc2)N(C)C(=O)[C@H](C)NC(=O)[C@@H](CC(C)C)OC(=O)/C(C)=C/C[C@H](OC(=O)N(C)CCCCCCN(C)C(=O)OCc2ccc(NC)cc2)[C@@H]1C. The van der Waals surface area contributed by atoms with Crippen LogP contribution in [0.15, 0.2) is 71.8 Å². The lowest BCUT2D eigenvalue weighted by Gasteiger charge is -2.35. The van der Waals surface area contributed by atoms with E-state index in [0.29, 0.717) is 48.5 Å². The third-order valence-corrected chi connectivity index (χ3v) is 15.6. The summed E-state index contributed by atoms with van der Waals surface area (Å²) in [5.74, 6) is -6.50. The van der Waals surface area contributed by atoms with Crippen molar-refractivity contribution in [1.29, 1.82) is 0 Å². The summed E-state index contributed by atoms with van der Waals surface area (Å²) in [4.78, 5) is 131. The predicted octanol–water partition coefficient (Wildman–Crippen LogP) is 8.23. The smallest absolute Gasteiger partial charge is 0.409 e. The molecule has 22 heteroatoms. The highest BCUT2D eigenvalue weighted by Crippen LogP contribution is 2.28. The van der Waals surface area contributed by atoms with Gasteiger partial charge in [-0.25, -0.2) is 19.2 Å². The number of nitrogens with zero attached hydrogens (tertiary/aromatic N) is 4. The van der Waals surface area contributed by atoms with Crippen molar-refractivity contribution >= 4 is 70.9 Å². The molecule has 0 spiro atoms. The Morgan fingerprint density at radius 2 is 1.44 bits per heavy atom. The number of ether oxygens (including phenoxy) is 4. The molecule has 0 bridgehead atoms. The Balaban J connectivity index is 1.98. The molecule has 7 amide bonds. The van der Waals surface area contributed by atoms with Crippen molar-refractivity contribution < 1.29 is 62.1 Å². The number of rotatable bonds is 18. The lowest BCUT2D eigenvalue weighted by atomic mass is 9.90. The Kier molecular flexibility index (Phi) is 29.4. The second-order valence-electron chi connectivity index (χ2n) is 23.3. The molecule has 0 saturated carbocycles. The number of hydrogen-bond donors (Lipinski definition) is 4. The number of hydrogen-bond acceptors (Lipinski definition) is 14. The van der Waals surface area contributed by atoms with Gasteiger partial charge in [-0.2, -0.15) is 0 Å². The van der Waals surface area contributed by atoms with Crippen molar-refractivity contribution in [2.24, 2.45) is 17.8 Å². The van der Waals surface area contributed by atoms with E-state index in [1.54, 1.807) is 72.1 Å². The van der Waals surface area contributed by atoms with Gasteiger partial charge in [-0.3, -0.25) is 24.0 Å². The van der Waals surface area contributed by atoms with Gasteiger partial charge in [0.25, 0.3) is 5.91 Å². The summed E-state index contributed by atoms with van der Waals surface area (Å²) >= 11 is 6.18. The lowest BCUT2D eigenvalue weighted by Crippen LogP contribution is -2.60. The average Bonchev–Trinajstić information content (AvgIpc) is 3.68. The number of esters is 2. The summed E-state index contributed by atoms with van der Waals surface area (Å²) in [5.41, 5.74) is 1.43. The Labute approximate surface area is 508 Å². The van der Waals surface area contributed by atoms with E-state index in [2.05, 4.69) is 21.3 Å². The third kappa shape index (κ3) is 23.0. The highest BCUT2D eigenvalue weighted by molar-refractivity contribution is 6.30. The normalized spacial score (nSPS) is 23.1. The van der Waals surface area contributed by atoms with Crippen molar-refractivity contribution in [3.63, 3.8) is 0 Å². The Morgan fingerprint density at radius 1 is 0.847 bits per heavy atom. The van der Waals surface area contributed by atoms with Gasteiger partial charge in [0.2, 0.25) is 23.6 Å². The minimum absolute atomic E-state index is 0.00613. The van der Waals surface area contributed by atoms with Crippen LogP contribution >= 0.6 is 11.6 Å². The van der Waals surface area contributed by atoms with Gasteiger partial charge in [0.15, 0.2) is 6.10 Å². The average molecular weight is 1210 g/mol. The molecular formula is C63H95ClN8O13. The zero-order valence-corrected chi connectivity index (χ0v) is 53.7. The quantitative estimate of drug-likeness (QED) is 0.0475. The molecule has 0 saturated heterocycles. The second kappa shape index (κ2) is 34.7. The number of carbonyl (C=O) groups is 9. The molecule has 3 rings (SSSR count). The summed E-state index contributed by atoms with van der Waals surface area (Å²) in [6.45, 7) is 18.8. The van der Waals surface area contributed by atoms with Gasteiger partial charge in [-0.05, 0) is 114 Å². The van der Waals surface area contributed by atoms with E-state index in [1.165, 1.54) is 62.6 Å². The van der Waals surface area contributed by atoms with Gasteiger partial charge in [0.1, 0.15) is 42.5 Å². The van der Waals surface area contributed by atoms with Gasteiger partial charge in [0, 0.05) is 83.4 Å². The van der Waals surface area contributed by atoms with Crippen LogP contribution in [0.1, 0.15) is 132 Å². The van der Waals surface area contributed by atoms with E-state index >= 15 is 0 Å². The maximum absolute atomic E-state index is 14.4. The molecular weight excluding hydrogens is 1110 g/mol. The van der Waals surface area contributed by atoms with Crippen molar-refractivity contribution in [3.8, 4) is 0 Å². The van der Waals surface area contributed by atoms with Crippen LogP contribution in [0, 0.1) is 17.8 Å². The fraction of sp³-hybridized carbons (Fsp3) is 0.603. The number of benzene rings is 2. The molecule has 0 fully saturated rings. The Hall–Kier alpha value is -7.16. The highest BCUT2D eigenvalue weighted by Gasteiger charge is 2.41. The van der Waals surface area contributed by atoms with Gasteiger partial charge in [-0.1, -0.05) is 102 Å². The monoisotopic (exact) mass is 1210 g/mol. The van der Waals surface area contributed by atoms with E-state index in [1.807, 2.05) is 52.1 Å². The molecule has 0 radical (unpaired) electrons. The molecule has 2 aromatic rings. The summed E-state index contributed by atoms with van der Waals surface area (Å²) in [5, 5.41) is 11.7. The van der Waals surface area contributed by atoms with Crippen LogP contribution in [0.25, 0.3) is 0 Å². The predicted molar refractivity (Wildman–Crippen MR) is 327 cm³/mol. The largest absolute Gasteiger partial charge is 0.456 e. The maximum atomic E-state index is 14.4. The zero-order valence-electron chi connectivity index (χ0n) is 52.9. The van der Waals surface area contributed by atoms with Crippen LogP contribution in [0.2, 0.25) is 5.02 Å². The molecule has 21 nitrogen and oxygen atoms in total. The molecule has 4 N–H and O–H groups in total. The lowest BCUT2D eigenvalue weighted by molar-refractivity contribution is -0.160. The number of amides is 7. The van der Waals surface area contributed by atoms with Gasteiger partial charge >= 0.3 is 24.1 Å². The molecule has 1 aliphatic heterocycles. The Bertz CT molecular complexity index is 2650. The standard InChI is InChI=1S/C63H95ClN8O13/c1-17-40(5)53-56(75)68-63(10,11)60(79)85-54(41(6)18-2)43(8)50(84-62(81)70(14)34-22-20-19-21-33-69(13)61(80)82-38-46-26-30-48(65-12)31-27-46)32-23-42(7)59(78)83-51(35-39(3)4)55(74)66-44(9)57(76)72(16)49(36-45-24-28-47(64)29-25-45)58(77)71(15)37-52(73)67-53/h18,23-31,39-40,43-44,49-51,53-54,65H,17,19-22,32-38H2,1-16H3,(H,66,74)(H,67,73)(H,68,75)/b41-18+,42-23+/t40?,43-,44-,49+,50-,51+,53-,54?/m0/s1. The fourth-order valence-corrected chi connectivity index (χ4v) is 9.41. The van der Waals surface area contributed by atoms with Crippen molar-refractivity contribution in [3.05, 3.63) is 88.0 Å². The van der Waals surface area contributed by atoms with E-state index in [-0.39, 0.29) is 37.4 Å². The number of carbonyl (C=O) groups excluding carboxylic acids is 9. The van der Waals surface area contributed by atoms with Crippen LogP contribution in [0.5, 0.6) is 0 Å². The number of cyclic esters (lactones) is 2. The van der Waals surface area contributed by atoms with E-state index in [9.17, 15) is 43.2 Å². The number of likely N-dealkylation sites (N-methyl/N-ethyl adjacent to an activating group) is 2. The van der Waals surface area contributed by atoms with Crippen LogP contribution in [0.3, 0.4) is 0 Å². The fourth-order valence-electron chi connectivity index (χ4n) is 9.28. The van der Waals surface area contributed by atoms with Gasteiger partial charge < -0.3 is 59.8 Å². The molecule has 2 unspecified atom stereocenters. The van der Waals surface area contributed by atoms with Crippen LogP contribution < -0.4 is 21.3 Å². The molecule has 2 aromatic carbocycles. The van der Waals surface area contributed by atoms with Crippen molar-refractivity contribution in [2.45, 2.75) is 176 Å². The van der Waals surface area contributed by atoms with E-state index in [4.69, 9.17) is 30.5 Å². The summed E-state index contributed by atoms with van der Waals surface area (Å²) in [7, 11) is 7.92. The summed E-state index contributed by atoms with van der Waals surface area (Å²) in [6.07, 6.45) is 1.99. The minimum Gasteiger partial charge on any atom is -0.456 e. The number of anilines is 1. The molecule has 8 atom stereocenters. The first-order chi connectivity index (χ1) is 39.9. The molecule has 472 valence electrons. The number of allylic oxidation sites excluding steroid dienone is 1. The zero-order chi connectivity index (χ0) is 63.9. The van der Waals surface area contributed by atoms with Gasteiger partial charge in [-0.15, -0.1) is 0 Å². The second-order valence-corrected chi connectivity index (χ2v) is 23.7. The number of halogens is 1.